The first-order chi connectivity index (χ1) is 15.2. The Hall–Kier alpha value is -3.18. The Kier molecular flexibility index (Phi) is 5.43. The minimum Gasteiger partial charge on any atom is -0.497 e. The van der Waals surface area contributed by atoms with Gasteiger partial charge < -0.3 is 10.1 Å². The molecule has 31 heavy (non-hydrogen) atoms. The second-order valence-electron chi connectivity index (χ2n) is 7.99. The molecule has 1 aliphatic heterocycles. The van der Waals surface area contributed by atoms with Gasteiger partial charge >= 0.3 is 0 Å². The molecule has 0 spiro atoms. The van der Waals surface area contributed by atoms with Gasteiger partial charge in [-0.2, -0.15) is 5.10 Å². The first kappa shape index (κ1) is 19.8. The van der Waals surface area contributed by atoms with E-state index in [1.807, 2.05) is 35.3 Å². The standard InChI is InChI=1S/C26H25N3OS/c1-30-21-14-11-20(12-15-21)25-23-16-13-19-9-5-6-10-22(19)24(23)28-29(25)26(31)27-17-18-7-3-2-4-8-18/h2-12,14-15,23,25H,13,16-17H2,1H3,(H,27,31)/t23-,25+/m1/s1. The lowest BCUT2D eigenvalue weighted by Gasteiger charge is -2.31. The van der Waals surface area contributed by atoms with Crippen LogP contribution in [0.15, 0.2) is 84.0 Å². The fourth-order valence-corrected chi connectivity index (χ4v) is 4.85. The summed E-state index contributed by atoms with van der Waals surface area (Å²) < 4.78 is 5.37. The van der Waals surface area contributed by atoms with E-state index in [0.29, 0.717) is 17.6 Å². The molecule has 0 unspecified atom stereocenters. The van der Waals surface area contributed by atoms with Crippen LogP contribution in [0.4, 0.5) is 0 Å². The first-order valence-electron chi connectivity index (χ1n) is 10.7. The van der Waals surface area contributed by atoms with Crippen molar-refractivity contribution in [3.05, 3.63) is 101 Å². The van der Waals surface area contributed by atoms with Gasteiger partial charge in [-0.05, 0) is 53.9 Å². The summed E-state index contributed by atoms with van der Waals surface area (Å²) in [4.78, 5) is 0. The molecule has 2 aliphatic rings. The van der Waals surface area contributed by atoms with Crippen LogP contribution in [0.3, 0.4) is 0 Å². The first-order valence-corrected chi connectivity index (χ1v) is 11.1. The molecule has 3 aromatic rings. The fourth-order valence-electron chi connectivity index (χ4n) is 4.62. The van der Waals surface area contributed by atoms with Crippen LogP contribution in [0.5, 0.6) is 5.75 Å². The largest absolute Gasteiger partial charge is 0.497 e. The summed E-state index contributed by atoms with van der Waals surface area (Å²) in [5, 5.41) is 11.2. The van der Waals surface area contributed by atoms with Gasteiger partial charge in [-0.3, -0.25) is 0 Å². The summed E-state index contributed by atoms with van der Waals surface area (Å²) in [7, 11) is 1.69. The van der Waals surface area contributed by atoms with Crippen LogP contribution in [0, 0.1) is 5.92 Å². The molecule has 0 aromatic heterocycles. The highest BCUT2D eigenvalue weighted by molar-refractivity contribution is 7.80. The summed E-state index contributed by atoms with van der Waals surface area (Å²) in [5.41, 5.74) is 6.17. The van der Waals surface area contributed by atoms with Gasteiger partial charge in [0.15, 0.2) is 5.11 Å². The van der Waals surface area contributed by atoms with Crippen molar-refractivity contribution in [2.24, 2.45) is 11.0 Å². The second-order valence-corrected chi connectivity index (χ2v) is 8.38. The zero-order valence-corrected chi connectivity index (χ0v) is 18.3. The third kappa shape index (κ3) is 3.81. The number of nitrogens with one attached hydrogen (secondary N) is 1. The molecular weight excluding hydrogens is 402 g/mol. The lowest BCUT2D eigenvalue weighted by molar-refractivity contribution is 0.303. The van der Waals surface area contributed by atoms with Crippen molar-refractivity contribution in [2.75, 3.05) is 7.11 Å². The molecule has 4 nitrogen and oxygen atoms in total. The molecule has 0 bridgehead atoms. The van der Waals surface area contributed by atoms with Crippen LogP contribution >= 0.6 is 12.2 Å². The fraction of sp³-hybridized carbons (Fsp3) is 0.231. The summed E-state index contributed by atoms with van der Waals surface area (Å²) in [6, 6.07) is 27.3. The predicted molar refractivity (Wildman–Crippen MR) is 128 cm³/mol. The van der Waals surface area contributed by atoms with E-state index in [9.17, 15) is 0 Å². The van der Waals surface area contributed by atoms with Crippen LogP contribution in [-0.2, 0) is 13.0 Å². The number of hydrogen-bond acceptors (Lipinski definition) is 3. The Morgan fingerprint density at radius 3 is 2.55 bits per heavy atom. The van der Waals surface area contributed by atoms with E-state index in [1.165, 1.54) is 22.3 Å². The maximum atomic E-state index is 5.84. The quantitative estimate of drug-likeness (QED) is 0.588. The number of fused-ring (bicyclic) bond motifs is 3. The van der Waals surface area contributed by atoms with Gasteiger partial charge in [0.25, 0.3) is 0 Å². The van der Waals surface area contributed by atoms with Crippen molar-refractivity contribution in [3.8, 4) is 5.75 Å². The van der Waals surface area contributed by atoms with Crippen molar-refractivity contribution in [1.29, 1.82) is 0 Å². The number of benzene rings is 3. The molecule has 156 valence electrons. The Balaban J connectivity index is 1.47. The van der Waals surface area contributed by atoms with Gasteiger partial charge in [0.05, 0.1) is 18.9 Å². The molecule has 2 atom stereocenters. The zero-order valence-electron chi connectivity index (χ0n) is 17.5. The van der Waals surface area contributed by atoms with E-state index in [1.54, 1.807) is 7.11 Å². The Morgan fingerprint density at radius 1 is 1.03 bits per heavy atom. The Bertz CT molecular complexity index is 1110. The minimum atomic E-state index is 0.0741. The number of rotatable bonds is 4. The van der Waals surface area contributed by atoms with Gasteiger partial charge in [-0.25, -0.2) is 5.01 Å². The van der Waals surface area contributed by atoms with Crippen LogP contribution in [0.1, 0.15) is 34.7 Å². The SMILES string of the molecule is COc1ccc([C@H]2[C@@H]3CCc4ccccc4C3=NN2C(=S)NCc2ccccc2)cc1. The molecule has 5 rings (SSSR count). The lowest BCUT2D eigenvalue weighted by Crippen LogP contribution is -2.38. The lowest BCUT2D eigenvalue weighted by atomic mass is 9.77. The highest BCUT2D eigenvalue weighted by atomic mass is 32.1. The molecule has 1 N–H and O–H groups in total. The molecule has 0 fully saturated rings. The zero-order chi connectivity index (χ0) is 21.2. The molecule has 3 aromatic carbocycles. The van der Waals surface area contributed by atoms with E-state index < -0.39 is 0 Å². The van der Waals surface area contributed by atoms with Crippen molar-refractivity contribution in [1.82, 2.24) is 10.3 Å². The summed E-state index contributed by atoms with van der Waals surface area (Å²) in [6.45, 7) is 0.678. The maximum absolute atomic E-state index is 5.84. The van der Waals surface area contributed by atoms with E-state index in [4.69, 9.17) is 22.1 Å². The Labute approximate surface area is 188 Å². The van der Waals surface area contributed by atoms with Crippen LogP contribution in [-0.4, -0.2) is 22.9 Å². The number of methoxy groups -OCH3 is 1. The number of nitrogens with zero attached hydrogens (tertiary/aromatic N) is 2. The second kappa shape index (κ2) is 8.52. The molecule has 5 heteroatoms. The van der Waals surface area contributed by atoms with Gasteiger partial charge in [-0.15, -0.1) is 0 Å². The highest BCUT2D eigenvalue weighted by Gasteiger charge is 2.42. The molecular formula is C26H25N3OS. The normalized spacial score (nSPS) is 19.3. The number of thiocarbonyl (C=S) groups is 1. The highest BCUT2D eigenvalue weighted by Crippen LogP contribution is 2.43. The van der Waals surface area contributed by atoms with E-state index >= 15 is 0 Å². The van der Waals surface area contributed by atoms with E-state index in [2.05, 4.69) is 53.8 Å². The third-order valence-corrected chi connectivity index (χ3v) is 6.51. The van der Waals surface area contributed by atoms with Gasteiger partial charge in [0.1, 0.15) is 5.75 Å². The van der Waals surface area contributed by atoms with Gasteiger partial charge in [-0.1, -0.05) is 66.7 Å². The van der Waals surface area contributed by atoms with Crippen LogP contribution in [0.2, 0.25) is 0 Å². The van der Waals surface area contributed by atoms with Crippen molar-refractivity contribution >= 4 is 23.0 Å². The van der Waals surface area contributed by atoms with Crippen molar-refractivity contribution in [3.63, 3.8) is 0 Å². The molecule has 0 saturated heterocycles. The minimum absolute atomic E-state index is 0.0741. The molecule has 1 heterocycles. The van der Waals surface area contributed by atoms with Crippen LogP contribution < -0.4 is 10.1 Å². The summed E-state index contributed by atoms with van der Waals surface area (Å²) in [6.07, 6.45) is 2.12. The monoisotopic (exact) mass is 427 g/mol. The summed E-state index contributed by atoms with van der Waals surface area (Å²) >= 11 is 5.84. The van der Waals surface area contributed by atoms with E-state index in [0.717, 1.165) is 24.3 Å². The number of ether oxygens (including phenoxy) is 1. The van der Waals surface area contributed by atoms with E-state index in [-0.39, 0.29) is 6.04 Å². The van der Waals surface area contributed by atoms with Gasteiger partial charge in [0.2, 0.25) is 0 Å². The van der Waals surface area contributed by atoms with Crippen LogP contribution in [0.25, 0.3) is 0 Å². The van der Waals surface area contributed by atoms with Crippen molar-refractivity contribution < 1.29 is 4.74 Å². The Morgan fingerprint density at radius 2 is 1.77 bits per heavy atom. The predicted octanol–water partition coefficient (Wildman–Crippen LogP) is 5.09. The average molecular weight is 428 g/mol. The third-order valence-electron chi connectivity index (χ3n) is 6.18. The molecule has 0 amide bonds. The summed E-state index contributed by atoms with van der Waals surface area (Å²) in [5.74, 6) is 1.16. The van der Waals surface area contributed by atoms with Gasteiger partial charge in [0, 0.05) is 18.0 Å². The number of hydrazone groups is 1. The molecule has 0 radical (unpaired) electrons. The topological polar surface area (TPSA) is 36.9 Å². The van der Waals surface area contributed by atoms with Crippen molar-refractivity contribution in [2.45, 2.75) is 25.4 Å². The smallest absolute Gasteiger partial charge is 0.190 e. The molecule has 0 saturated carbocycles. The average Bonchev–Trinajstić information content (AvgIpc) is 3.23. The maximum Gasteiger partial charge on any atom is 0.190 e. The molecule has 1 aliphatic carbocycles. The number of aryl methyl sites for hydroxylation is 1. The number of hydrogen-bond donors (Lipinski definition) is 1.